The molecule has 116 valence electrons. The molecule has 0 unspecified atom stereocenters. The van der Waals surface area contributed by atoms with Crippen LogP contribution in [0.3, 0.4) is 0 Å². The highest BCUT2D eigenvalue weighted by Crippen LogP contribution is 2.25. The van der Waals surface area contributed by atoms with Crippen LogP contribution in [0.2, 0.25) is 0 Å². The third-order valence-electron chi connectivity index (χ3n) is 3.74. The fourth-order valence-corrected chi connectivity index (χ4v) is 4.22. The maximum absolute atomic E-state index is 12.6. The largest absolute Gasteiger partial charge is 0.465 e. The Labute approximate surface area is 124 Å². The standard InChI is InChI=1S/C14H20N2O4S/c1-10-9-12(15)7-8-16(10)21(18,19)13-5-3-11(4-6-13)14(17)20-2/h3-6,10,12H,7-9,15H2,1-2H3/t10-,12+/m0/s1. The number of nitrogens with zero attached hydrogens (tertiary/aromatic N) is 1. The highest BCUT2D eigenvalue weighted by molar-refractivity contribution is 7.89. The lowest BCUT2D eigenvalue weighted by molar-refractivity contribution is 0.0600. The van der Waals surface area contributed by atoms with Crippen LogP contribution in [-0.4, -0.2) is 44.4 Å². The van der Waals surface area contributed by atoms with E-state index in [1.165, 1.54) is 35.7 Å². The summed E-state index contributed by atoms with van der Waals surface area (Å²) >= 11 is 0. The lowest BCUT2D eigenvalue weighted by atomic mass is 10.0. The van der Waals surface area contributed by atoms with Crippen LogP contribution in [-0.2, 0) is 14.8 Å². The van der Waals surface area contributed by atoms with Gasteiger partial charge in [-0.2, -0.15) is 4.31 Å². The minimum atomic E-state index is -3.56. The van der Waals surface area contributed by atoms with Crippen LogP contribution in [0.5, 0.6) is 0 Å². The minimum absolute atomic E-state index is 0.0492. The second-order valence-electron chi connectivity index (χ2n) is 5.27. The van der Waals surface area contributed by atoms with Crippen molar-refractivity contribution in [3.05, 3.63) is 29.8 Å². The number of carbonyl (C=O) groups excluding carboxylic acids is 1. The molecule has 1 aromatic rings. The van der Waals surface area contributed by atoms with Gasteiger partial charge in [0.1, 0.15) is 0 Å². The minimum Gasteiger partial charge on any atom is -0.465 e. The summed E-state index contributed by atoms with van der Waals surface area (Å²) < 4.78 is 31.3. The number of rotatable bonds is 3. The van der Waals surface area contributed by atoms with Crippen LogP contribution in [0.25, 0.3) is 0 Å². The molecule has 0 radical (unpaired) electrons. The number of methoxy groups -OCH3 is 1. The molecule has 2 N–H and O–H groups in total. The first-order valence-corrected chi connectivity index (χ1v) is 8.26. The van der Waals surface area contributed by atoms with E-state index >= 15 is 0 Å². The van der Waals surface area contributed by atoms with Crippen LogP contribution in [0.4, 0.5) is 0 Å². The first kappa shape index (κ1) is 15.9. The van der Waals surface area contributed by atoms with Crippen molar-refractivity contribution in [2.75, 3.05) is 13.7 Å². The van der Waals surface area contributed by atoms with Crippen molar-refractivity contribution in [1.82, 2.24) is 4.31 Å². The first-order valence-electron chi connectivity index (χ1n) is 6.82. The molecule has 0 saturated carbocycles. The van der Waals surface area contributed by atoms with Crippen LogP contribution in [0.1, 0.15) is 30.1 Å². The lowest BCUT2D eigenvalue weighted by Gasteiger charge is -2.35. The Balaban J connectivity index is 2.25. The number of hydrogen-bond acceptors (Lipinski definition) is 5. The fraction of sp³-hybridized carbons (Fsp3) is 0.500. The first-order chi connectivity index (χ1) is 9.86. The highest BCUT2D eigenvalue weighted by atomic mass is 32.2. The summed E-state index contributed by atoms with van der Waals surface area (Å²) in [6, 6.07) is 5.70. The summed E-state index contributed by atoms with van der Waals surface area (Å²) in [7, 11) is -2.27. The number of sulfonamides is 1. The van der Waals surface area contributed by atoms with Crippen molar-refractivity contribution in [3.8, 4) is 0 Å². The van der Waals surface area contributed by atoms with Crippen molar-refractivity contribution in [3.63, 3.8) is 0 Å². The van der Waals surface area contributed by atoms with Gasteiger partial charge < -0.3 is 10.5 Å². The maximum Gasteiger partial charge on any atom is 0.337 e. The molecule has 2 atom stereocenters. The zero-order chi connectivity index (χ0) is 15.6. The number of nitrogens with two attached hydrogens (primary N) is 1. The van der Waals surface area contributed by atoms with E-state index in [2.05, 4.69) is 4.74 Å². The van der Waals surface area contributed by atoms with Gasteiger partial charge in [-0.05, 0) is 44.0 Å². The van der Waals surface area contributed by atoms with E-state index in [4.69, 9.17) is 5.73 Å². The van der Waals surface area contributed by atoms with E-state index in [9.17, 15) is 13.2 Å². The lowest BCUT2D eigenvalue weighted by Crippen LogP contribution is -2.48. The average Bonchev–Trinajstić information content (AvgIpc) is 2.46. The van der Waals surface area contributed by atoms with E-state index in [1.54, 1.807) is 0 Å². The summed E-state index contributed by atoms with van der Waals surface area (Å²) in [5.41, 5.74) is 6.19. The Morgan fingerprint density at radius 2 is 1.95 bits per heavy atom. The van der Waals surface area contributed by atoms with E-state index in [-0.39, 0.29) is 17.0 Å². The Bertz CT molecular complexity index is 612. The topological polar surface area (TPSA) is 89.7 Å². The van der Waals surface area contributed by atoms with Gasteiger partial charge in [0.25, 0.3) is 0 Å². The van der Waals surface area contributed by atoms with Crippen molar-refractivity contribution >= 4 is 16.0 Å². The monoisotopic (exact) mass is 312 g/mol. The average molecular weight is 312 g/mol. The molecule has 1 fully saturated rings. The predicted octanol–water partition coefficient (Wildman–Crippen LogP) is 0.973. The molecule has 0 bridgehead atoms. The summed E-state index contributed by atoms with van der Waals surface area (Å²) in [6.45, 7) is 2.28. The van der Waals surface area contributed by atoms with Gasteiger partial charge in [-0.3, -0.25) is 0 Å². The Hall–Kier alpha value is -1.44. The molecule has 1 aromatic carbocycles. The molecule has 2 rings (SSSR count). The van der Waals surface area contributed by atoms with E-state index in [0.29, 0.717) is 24.9 Å². The van der Waals surface area contributed by atoms with Gasteiger partial charge in [-0.25, -0.2) is 13.2 Å². The van der Waals surface area contributed by atoms with Crippen molar-refractivity contribution < 1.29 is 17.9 Å². The second-order valence-corrected chi connectivity index (χ2v) is 7.16. The van der Waals surface area contributed by atoms with Crippen molar-refractivity contribution in [1.29, 1.82) is 0 Å². The van der Waals surface area contributed by atoms with Crippen molar-refractivity contribution in [2.24, 2.45) is 5.73 Å². The van der Waals surface area contributed by atoms with Gasteiger partial charge >= 0.3 is 5.97 Å². The van der Waals surface area contributed by atoms with Crippen LogP contribution >= 0.6 is 0 Å². The zero-order valence-electron chi connectivity index (χ0n) is 12.2. The molecule has 0 amide bonds. The molecule has 0 spiro atoms. The molecule has 0 aliphatic carbocycles. The van der Waals surface area contributed by atoms with E-state index in [0.717, 1.165) is 0 Å². The highest BCUT2D eigenvalue weighted by Gasteiger charge is 2.33. The normalized spacial score (nSPS) is 23.8. The SMILES string of the molecule is COC(=O)c1ccc(S(=O)(=O)N2CC[C@@H](N)C[C@@H]2C)cc1. The number of esters is 1. The predicted molar refractivity (Wildman–Crippen MR) is 78.3 cm³/mol. The third kappa shape index (κ3) is 3.25. The smallest absolute Gasteiger partial charge is 0.337 e. The van der Waals surface area contributed by atoms with Gasteiger partial charge in [0.2, 0.25) is 10.0 Å². The Morgan fingerprint density at radius 1 is 1.33 bits per heavy atom. The molecule has 7 heteroatoms. The van der Waals surface area contributed by atoms with Gasteiger partial charge in [0.15, 0.2) is 0 Å². The molecule has 6 nitrogen and oxygen atoms in total. The molecule has 1 aliphatic heterocycles. The number of carbonyl (C=O) groups is 1. The Morgan fingerprint density at radius 3 is 2.48 bits per heavy atom. The number of piperidine rings is 1. The van der Waals surface area contributed by atoms with Crippen molar-refractivity contribution in [2.45, 2.75) is 36.7 Å². The summed E-state index contributed by atoms with van der Waals surface area (Å²) in [5, 5.41) is 0. The Kier molecular flexibility index (Phi) is 4.65. The third-order valence-corrected chi connectivity index (χ3v) is 5.77. The van der Waals surface area contributed by atoms with E-state index in [1.807, 2.05) is 6.92 Å². The molecule has 1 saturated heterocycles. The second kappa shape index (κ2) is 6.13. The zero-order valence-corrected chi connectivity index (χ0v) is 13.0. The molecular weight excluding hydrogens is 292 g/mol. The van der Waals surface area contributed by atoms with Gasteiger partial charge in [-0.1, -0.05) is 0 Å². The van der Waals surface area contributed by atoms with Crippen LogP contribution < -0.4 is 5.73 Å². The van der Waals surface area contributed by atoms with Gasteiger partial charge in [0.05, 0.1) is 17.6 Å². The van der Waals surface area contributed by atoms with Gasteiger partial charge in [-0.15, -0.1) is 0 Å². The molecule has 1 heterocycles. The maximum atomic E-state index is 12.6. The molecular formula is C14H20N2O4S. The summed E-state index contributed by atoms with van der Waals surface area (Å²) in [5.74, 6) is -0.490. The molecule has 1 aliphatic rings. The van der Waals surface area contributed by atoms with Crippen LogP contribution in [0.15, 0.2) is 29.2 Å². The van der Waals surface area contributed by atoms with Crippen LogP contribution in [0, 0.1) is 0 Å². The number of ether oxygens (including phenoxy) is 1. The number of benzene rings is 1. The van der Waals surface area contributed by atoms with Gasteiger partial charge in [0, 0.05) is 18.6 Å². The quantitative estimate of drug-likeness (QED) is 0.840. The summed E-state index contributed by atoms with van der Waals surface area (Å²) in [6.07, 6.45) is 1.31. The van der Waals surface area contributed by atoms with E-state index < -0.39 is 16.0 Å². The molecule has 0 aromatic heterocycles. The summed E-state index contributed by atoms with van der Waals surface area (Å²) in [4.78, 5) is 11.5. The number of hydrogen-bond donors (Lipinski definition) is 1. The fourth-order valence-electron chi connectivity index (χ4n) is 2.56. The molecule has 21 heavy (non-hydrogen) atoms.